The number of alkyl halides is 1. The highest BCUT2D eigenvalue weighted by Crippen LogP contribution is 2.44. The normalized spacial score (nSPS) is 27.0. The number of ether oxygens (including phenoxy) is 1. The molecule has 1 saturated heterocycles. The van der Waals surface area contributed by atoms with Crippen molar-refractivity contribution in [2.24, 2.45) is 0 Å². The number of nitrogens with one attached hydrogen (secondary N) is 1. The molecule has 2 heterocycles. The molecule has 0 amide bonds. The highest BCUT2D eigenvalue weighted by molar-refractivity contribution is 5.61. The van der Waals surface area contributed by atoms with Gasteiger partial charge in [0.25, 0.3) is 5.56 Å². The van der Waals surface area contributed by atoms with Crippen LogP contribution in [0.3, 0.4) is 0 Å². The number of hydroxylamine groups is 2. The van der Waals surface area contributed by atoms with Gasteiger partial charge in [-0.1, -0.05) is 69.4 Å². The Morgan fingerprint density at radius 1 is 1.14 bits per heavy atom. The van der Waals surface area contributed by atoms with Crippen molar-refractivity contribution >= 4 is 0 Å². The van der Waals surface area contributed by atoms with Crippen LogP contribution in [-0.2, 0) is 10.6 Å². The van der Waals surface area contributed by atoms with Crippen molar-refractivity contribution in [2.45, 2.75) is 82.0 Å². The fourth-order valence-corrected chi connectivity index (χ4v) is 4.42. The van der Waals surface area contributed by atoms with Crippen molar-refractivity contribution in [3.8, 4) is 11.1 Å². The summed E-state index contributed by atoms with van der Waals surface area (Å²) in [5, 5.41) is 53.4. The first-order valence-electron chi connectivity index (χ1n) is 12.1. The largest absolute Gasteiger partial charge is 0.394 e. The molecule has 200 valence electrons. The number of rotatable bonds is 12. The molecule has 0 aliphatic carbocycles. The second kappa shape index (κ2) is 11.7. The molecular weight excluding hydrogens is 477 g/mol. The molecule has 0 radical (unpaired) electrons. The lowest BCUT2D eigenvalue weighted by Crippen LogP contribution is -2.69. The number of halogens is 1. The summed E-state index contributed by atoms with van der Waals surface area (Å²) >= 11 is 0. The molecule has 36 heavy (non-hydrogen) atoms. The van der Waals surface area contributed by atoms with Gasteiger partial charge in [0.15, 0.2) is 6.30 Å². The zero-order valence-corrected chi connectivity index (χ0v) is 20.1. The van der Waals surface area contributed by atoms with E-state index in [4.69, 9.17) is 4.74 Å². The van der Waals surface area contributed by atoms with Crippen LogP contribution in [0.2, 0.25) is 0 Å². The van der Waals surface area contributed by atoms with Gasteiger partial charge in [0.2, 0.25) is 5.72 Å². The van der Waals surface area contributed by atoms with Gasteiger partial charge < -0.3 is 30.4 Å². The van der Waals surface area contributed by atoms with Gasteiger partial charge in [-0.3, -0.25) is 9.78 Å². The third kappa shape index (κ3) is 5.16. The lowest BCUT2D eigenvalue weighted by Gasteiger charge is -2.43. The summed E-state index contributed by atoms with van der Waals surface area (Å²) in [5.74, 6) is -3.30. The Hall–Kier alpha value is -2.45. The Balaban J connectivity index is 1.98. The van der Waals surface area contributed by atoms with Gasteiger partial charge in [0.1, 0.15) is 12.2 Å². The molecule has 6 N–H and O–H groups in total. The average molecular weight is 512 g/mol. The summed E-state index contributed by atoms with van der Waals surface area (Å²) in [7, 11) is 0. The summed E-state index contributed by atoms with van der Waals surface area (Å²) < 4.78 is 20.7. The number of aliphatic hydroxyl groups is 4. The predicted octanol–water partition coefficient (Wildman–Crippen LogP) is 0.984. The molecule has 12 heteroatoms. The number of aliphatic hydroxyl groups excluding tert-OH is 2. The van der Waals surface area contributed by atoms with E-state index in [1.54, 1.807) is 30.3 Å². The van der Waals surface area contributed by atoms with E-state index in [0.29, 0.717) is 23.0 Å². The molecule has 3 rings (SSSR count). The van der Waals surface area contributed by atoms with Crippen LogP contribution >= 0.6 is 0 Å². The molecule has 0 saturated carbocycles. The second-order valence-electron chi connectivity index (χ2n) is 8.99. The molecule has 1 aliphatic heterocycles. The van der Waals surface area contributed by atoms with Crippen molar-refractivity contribution < 1.29 is 34.8 Å². The topological polar surface area (TPSA) is 168 Å². The van der Waals surface area contributed by atoms with Crippen molar-refractivity contribution in [1.82, 2.24) is 14.6 Å². The van der Waals surface area contributed by atoms with E-state index in [1.807, 2.05) is 4.98 Å². The molecule has 1 aliphatic rings. The van der Waals surface area contributed by atoms with Crippen LogP contribution in [0.1, 0.15) is 51.9 Å². The minimum absolute atomic E-state index is 0.120. The number of aromatic amines is 1. The summed E-state index contributed by atoms with van der Waals surface area (Å²) in [6.07, 6.45) is -0.703. The Bertz CT molecular complexity index is 1110. The monoisotopic (exact) mass is 511 g/mol. The molecule has 1 fully saturated rings. The second-order valence-corrected chi connectivity index (χ2v) is 8.99. The number of nitrogens with zero attached hydrogens (tertiary/aromatic N) is 2. The summed E-state index contributed by atoms with van der Waals surface area (Å²) in [5.41, 5.74) is -5.21. The maximum atomic E-state index is 15.1. The Morgan fingerprint density at radius 3 is 2.42 bits per heavy atom. The summed E-state index contributed by atoms with van der Waals surface area (Å²) in [4.78, 5) is 27.1. The number of H-pyrrole nitrogens is 1. The SMILES string of the molecule is CCCCCCCCC(F)N(O)[C@@]1(O)[C@H](O)[C@@H](CO)O[C@]1(O)n1cc(-c2ccccc2)c(=O)[nH]c1=O. The molecule has 11 nitrogen and oxygen atoms in total. The number of benzene rings is 1. The number of hydrogen-bond acceptors (Lipinski definition) is 9. The quantitative estimate of drug-likeness (QED) is 0.105. The minimum atomic E-state index is -3.34. The molecular formula is C24H34FN3O8. The van der Waals surface area contributed by atoms with Gasteiger partial charge >= 0.3 is 11.6 Å². The first kappa shape index (κ1) is 28.1. The molecule has 2 aromatic rings. The predicted molar refractivity (Wildman–Crippen MR) is 126 cm³/mol. The molecule has 0 spiro atoms. The fraction of sp³-hybridized carbons (Fsp3) is 0.583. The molecule has 1 aromatic heterocycles. The average Bonchev–Trinajstić information content (AvgIpc) is 3.07. The van der Waals surface area contributed by atoms with Crippen LogP contribution in [0.5, 0.6) is 0 Å². The van der Waals surface area contributed by atoms with E-state index < -0.39 is 48.0 Å². The Morgan fingerprint density at radius 2 is 1.78 bits per heavy atom. The number of aromatic nitrogens is 2. The zero-order valence-electron chi connectivity index (χ0n) is 20.1. The van der Waals surface area contributed by atoms with Crippen LogP contribution in [-0.4, -0.2) is 71.1 Å². The summed E-state index contributed by atoms with van der Waals surface area (Å²) in [6, 6.07) is 8.04. The van der Waals surface area contributed by atoms with Gasteiger partial charge in [-0.2, -0.15) is 0 Å². The standard InChI is InChI=1S/C24H34FN3O8/c1-2-3-4-5-6-10-13-19(25)28(35)23(33)20(30)18(15-29)36-24(23,34)27-14-17(21(31)26-22(27)32)16-11-8-7-9-12-16/h7-9,11-12,14,18-20,29-30,33-35H,2-6,10,13,15H2,1H3,(H,26,31,32)/t18-,19?,20-,23-,24+/m1/s1. The highest BCUT2D eigenvalue weighted by atomic mass is 19.1. The van der Waals surface area contributed by atoms with Crippen LogP contribution in [0, 0.1) is 0 Å². The number of unbranched alkanes of at least 4 members (excludes halogenated alkanes) is 5. The molecule has 5 atom stereocenters. The van der Waals surface area contributed by atoms with E-state index >= 15 is 4.39 Å². The van der Waals surface area contributed by atoms with E-state index in [9.17, 15) is 35.2 Å². The fourth-order valence-electron chi connectivity index (χ4n) is 4.42. The lowest BCUT2D eigenvalue weighted by molar-refractivity contribution is -0.428. The number of hydrogen-bond donors (Lipinski definition) is 6. The third-order valence-electron chi connectivity index (χ3n) is 6.50. The molecule has 1 aromatic carbocycles. The van der Waals surface area contributed by atoms with E-state index in [1.165, 1.54) is 0 Å². The first-order chi connectivity index (χ1) is 17.1. The van der Waals surface area contributed by atoms with Crippen molar-refractivity contribution in [1.29, 1.82) is 0 Å². The van der Waals surface area contributed by atoms with Gasteiger partial charge in [-0.15, -0.1) is 5.06 Å². The smallest absolute Gasteiger partial charge is 0.332 e. The molecule has 1 unspecified atom stereocenters. The molecule has 0 bridgehead atoms. The van der Waals surface area contributed by atoms with Crippen LogP contribution in [0.25, 0.3) is 11.1 Å². The van der Waals surface area contributed by atoms with Crippen molar-refractivity contribution in [2.75, 3.05) is 6.61 Å². The Labute approximate surface area is 207 Å². The first-order valence-corrected chi connectivity index (χ1v) is 12.1. The van der Waals surface area contributed by atoms with Crippen LogP contribution in [0.4, 0.5) is 4.39 Å². The van der Waals surface area contributed by atoms with Gasteiger partial charge in [-0.25, -0.2) is 13.8 Å². The minimum Gasteiger partial charge on any atom is -0.394 e. The maximum Gasteiger partial charge on any atom is 0.332 e. The van der Waals surface area contributed by atoms with Crippen LogP contribution < -0.4 is 11.2 Å². The lowest BCUT2D eigenvalue weighted by atomic mass is 9.99. The van der Waals surface area contributed by atoms with Crippen molar-refractivity contribution in [3.63, 3.8) is 0 Å². The van der Waals surface area contributed by atoms with E-state index in [0.717, 1.165) is 31.9 Å². The highest BCUT2D eigenvalue weighted by Gasteiger charge is 2.71. The third-order valence-corrected chi connectivity index (χ3v) is 6.50. The van der Waals surface area contributed by atoms with Crippen molar-refractivity contribution in [3.05, 3.63) is 57.4 Å². The Kier molecular flexibility index (Phi) is 9.17. The van der Waals surface area contributed by atoms with Gasteiger partial charge in [0, 0.05) is 6.20 Å². The zero-order chi connectivity index (χ0) is 26.5. The maximum absolute atomic E-state index is 15.1. The van der Waals surface area contributed by atoms with E-state index in [2.05, 4.69) is 6.92 Å². The summed E-state index contributed by atoms with van der Waals surface area (Å²) in [6.45, 7) is 1.12. The van der Waals surface area contributed by atoms with Gasteiger partial charge in [0.05, 0.1) is 12.2 Å². The van der Waals surface area contributed by atoms with Crippen LogP contribution in [0.15, 0.2) is 46.1 Å². The van der Waals surface area contributed by atoms with E-state index in [-0.39, 0.29) is 17.0 Å². The van der Waals surface area contributed by atoms with Gasteiger partial charge in [-0.05, 0) is 18.4 Å².